The van der Waals surface area contributed by atoms with E-state index < -0.39 is 17.7 Å². The number of carbonyl (C=O) groups is 1. The topological polar surface area (TPSA) is 78.4 Å². The first-order valence-electron chi connectivity index (χ1n) is 11.7. The Morgan fingerprint density at radius 2 is 1.94 bits per heavy atom. The number of anilines is 2. The van der Waals surface area contributed by atoms with Crippen molar-refractivity contribution in [2.75, 3.05) is 22.7 Å². The molecule has 2 unspecified atom stereocenters. The third-order valence-electron chi connectivity index (χ3n) is 6.99. The number of nitrogens with zero attached hydrogens (tertiary/aromatic N) is 3. The van der Waals surface area contributed by atoms with Crippen molar-refractivity contribution in [3.05, 3.63) is 65.7 Å². The maximum Gasteiger partial charge on any atom is 0.418 e. The lowest BCUT2D eigenvalue weighted by atomic mass is 9.92. The minimum absolute atomic E-state index is 0.121. The number of halogens is 3. The number of hydrogen-bond donors (Lipinski definition) is 2. The molecule has 188 valence electrons. The fourth-order valence-corrected chi connectivity index (χ4v) is 5.64. The minimum Gasteiger partial charge on any atom is -0.481 e. The summed E-state index contributed by atoms with van der Waals surface area (Å²) in [6, 6.07) is 14.8. The van der Waals surface area contributed by atoms with Crippen LogP contribution in [0.3, 0.4) is 0 Å². The van der Waals surface area contributed by atoms with Crippen LogP contribution in [0.25, 0.3) is 11.3 Å². The molecule has 2 N–H and O–H groups in total. The number of aryl methyl sites for hydroxylation is 1. The van der Waals surface area contributed by atoms with Gasteiger partial charge < -0.3 is 14.7 Å². The van der Waals surface area contributed by atoms with E-state index in [1.807, 2.05) is 18.2 Å². The van der Waals surface area contributed by atoms with Gasteiger partial charge in [0.05, 0.1) is 17.2 Å². The van der Waals surface area contributed by atoms with Crippen molar-refractivity contribution < 1.29 is 23.1 Å². The predicted octanol–water partition coefficient (Wildman–Crippen LogP) is 6.28. The summed E-state index contributed by atoms with van der Waals surface area (Å²) in [4.78, 5) is 22.6. The van der Waals surface area contributed by atoms with Crippen molar-refractivity contribution >= 4 is 29.6 Å². The Hall–Kier alpha value is -3.27. The van der Waals surface area contributed by atoms with E-state index in [0.717, 1.165) is 31.3 Å². The highest BCUT2D eigenvalue weighted by Crippen LogP contribution is 2.58. The number of nitrogens with one attached hydrogen (secondary N) is 1. The molecule has 2 aliphatic rings. The van der Waals surface area contributed by atoms with Gasteiger partial charge in [0.2, 0.25) is 0 Å². The summed E-state index contributed by atoms with van der Waals surface area (Å²) in [7, 11) is 0. The first-order valence-corrected chi connectivity index (χ1v) is 12.5. The summed E-state index contributed by atoms with van der Waals surface area (Å²) < 4.78 is 44.1. The van der Waals surface area contributed by atoms with E-state index in [1.165, 1.54) is 18.0 Å². The van der Waals surface area contributed by atoms with E-state index in [9.17, 15) is 23.1 Å². The van der Waals surface area contributed by atoms with Crippen molar-refractivity contribution in [1.29, 1.82) is 0 Å². The van der Waals surface area contributed by atoms with Gasteiger partial charge >= 0.3 is 12.1 Å². The van der Waals surface area contributed by atoms with Gasteiger partial charge in [-0.15, -0.1) is 0 Å². The van der Waals surface area contributed by atoms with E-state index in [1.54, 1.807) is 31.2 Å². The molecule has 1 aliphatic heterocycles. The summed E-state index contributed by atoms with van der Waals surface area (Å²) in [5.74, 6) is 0.0377. The Labute approximate surface area is 211 Å². The average molecular weight is 515 g/mol. The zero-order chi connectivity index (χ0) is 25.5. The zero-order valence-electron chi connectivity index (χ0n) is 19.5. The van der Waals surface area contributed by atoms with E-state index in [0.29, 0.717) is 29.1 Å². The number of carboxylic acid groups (broad SMARTS) is 1. The Bertz CT molecular complexity index is 1300. The predicted molar refractivity (Wildman–Crippen MR) is 133 cm³/mol. The highest BCUT2D eigenvalue weighted by atomic mass is 32.2. The van der Waals surface area contributed by atoms with Gasteiger partial charge in [0.25, 0.3) is 0 Å². The molecule has 1 saturated carbocycles. The second-order valence-corrected chi connectivity index (χ2v) is 10.3. The van der Waals surface area contributed by atoms with E-state index in [4.69, 9.17) is 4.98 Å². The number of pyridine rings is 2. The molecule has 0 bridgehead atoms. The summed E-state index contributed by atoms with van der Waals surface area (Å²) in [5, 5.41) is 10.0. The monoisotopic (exact) mass is 514 g/mol. The van der Waals surface area contributed by atoms with Crippen molar-refractivity contribution in [2.45, 2.75) is 37.4 Å². The lowest BCUT2D eigenvalue weighted by molar-refractivity contribution is -0.139. The van der Waals surface area contributed by atoms with Crippen molar-refractivity contribution in [2.24, 2.45) is 11.3 Å². The lowest BCUT2D eigenvalue weighted by Gasteiger charge is -2.34. The molecule has 3 aromatic rings. The van der Waals surface area contributed by atoms with Crippen molar-refractivity contribution in [1.82, 2.24) is 9.97 Å². The van der Waals surface area contributed by atoms with E-state index in [-0.39, 0.29) is 22.8 Å². The minimum atomic E-state index is -4.53. The average Bonchev–Trinajstić information content (AvgIpc) is 3.55. The van der Waals surface area contributed by atoms with Gasteiger partial charge in [-0.25, -0.2) is 9.97 Å². The molecule has 0 amide bonds. The summed E-state index contributed by atoms with van der Waals surface area (Å²) in [5.41, 5.74) is 0.0610. The van der Waals surface area contributed by atoms with Gasteiger partial charge in [0.15, 0.2) is 0 Å². The molecule has 1 saturated heterocycles. The van der Waals surface area contributed by atoms with Crippen LogP contribution in [0.5, 0.6) is 0 Å². The first-order chi connectivity index (χ1) is 17.2. The molecule has 5 rings (SSSR count). The van der Waals surface area contributed by atoms with Crippen LogP contribution < -0.4 is 9.62 Å². The van der Waals surface area contributed by atoms with Crippen LogP contribution in [0.2, 0.25) is 0 Å². The molecule has 2 fully saturated rings. The number of aromatic nitrogens is 2. The zero-order valence-corrected chi connectivity index (χ0v) is 20.4. The van der Waals surface area contributed by atoms with E-state index >= 15 is 0 Å². The van der Waals surface area contributed by atoms with Crippen molar-refractivity contribution in [3.63, 3.8) is 0 Å². The lowest BCUT2D eigenvalue weighted by Crippen LogP contribution is -2.38. The number of aliphatic carboxylic acids is 1. The molecule has 1 aliphatic carbocycles. The standard InChI is InChI=1S/C26H25F3N4O2S/c1-16-6-2-3-7-17(16)23-18(26(27,28)29)10-11-20(30-23)32-36-22-9-4-8-21(31-22)33-13-5-12-25(15-33)14-19(25)24(34)35/h2-4,6-11,19H,5,12-15H2,1H3,(H,30,32)(H,34,35). The van der Waals surface area contributed by atoms with Gasteiger partial charge in [-0.2, -0.15) is 13.2 Å². The number of alkyl halides is 3. The van der Waals surface area contributed by atoms with Crippen molar-refractivity contribution in [3.8, 4) is 11.3 Å². The first kappa shape index (κ1) is 24.4. The van der Waals surface area contributed by atoms with Crippen LogP contribution >= 0.6 is 11.9 Å². The third-order valence-corrected chi connectivity index (χ3v) is 7.74. The molecule has 2 aromatic heterocycles. The molecule has 6 nitrogen and oxygen atoms in total. The third kappa shape index (κ3) is 4.86. The van der Waals surface area contributed by atoms with Crippen LogP contribution in [0.4, 0.5) is 24.8 Å². The maximum absolute atomic E-state index is 13.7. The maximum atomic E-state index is 13.7. The van der Waals surface area contributed by atoms with Gasteiger partial charge in [-0.05, 0) is 56.0 Å². The van der Waals surface area contributed by atoms with Crippen LogP contribution in [-0.4, -0.2) is 34.1 Å². The fraction of sp³-hybridized carbons (Fsp3) is 0.346. The normalized spacial score (nSPS) is 21.4. The molecular weight excluding hydrogens is 489 g/mol. The van der Waals surface area contributed by atoms with Gasteiger partial charge in [-0.1, -0.05) is 30.3 Å². The van der Waals surface area contributed by atoms with Crippen LogP contribution in [0, 0.1) is 18.3 Å². The Balaban J connectivity index is 1.33. The highest BCUT2D eigenvalue weighted by Gasteiger charge is 2.59. The molecule has 10 heteroatoms. The molecule has 0 radical (unpaired) electrons. The van der Waals surface area contributed by atoms with Gasteiger partial charge in [0, 0.05) is 36.0 Å². The van der Waals surface area contributed by atoms with E-state index in [2.05, 4.69) is 14.6 Å². The molecular formula is C26H25F3N4O2S. The number of carboxylic acids is 1. The Morgan fingerprint density at radius 3 is 2.67 bits per heavy atom. The molecule has 36 heavy (non-hydrogen) atoms. The van der Waals surface area contributed by atoms with Gasteiger partial charge in [-0.3, -0.25) is 4.79 Å². The Morgan fingerprint density at radius 1 is 1.14 bits per heavy atom. The number of benzene rings is 1. The summed E-state index contributed by atoms with van der Waals surface area (Å²) in [6.45, 7) is 3.23. The summed E-state index contributed by atoms with van der Waals surface area (Å²) >= 11 is 1.17. The fourth-order valence-electron chi connectivity index (χ4n) is 5.03. The number of piperidine rings is 1. The SMILES string of the molecule is Cc1ccccc1-c1nc(NSc2cccc(N3CCCC4(CC4C(=O)O)C3)n2)ccc1C(F)(F)F. The number of hydrogen-bond acceptors (Lipinski definition) is 6. The van der Waals surface area contributed by atoms with Crippen LogP contribution in [0.15, 0.2) is 59.6 Å². The largest absolute Gasteiger partial charge is 0.481 e. The second-order valence-electron chi connectivity index (χ2n) is 9.43. The molecule has 1 aromatic carbocycles. The smallest absolute Gasteiger partial charge is 0.418 e. The van der Waals surface area contributed by atoms with Crippen LogP contribution in [0.1, 0.15) is 30.4 Å². The Kier molecular flexibility index (Phi) is 6.32. The molecule has 3 heterocycles. The number of rotatable bonds is 6. The second kappa shape index (κ2) is 9.31. The quantitative estimate of drug-likeness (QED) is 0.375. The molecule has 2 atom stereocenters. The highest BCUT2D eigenvalue weighted by molar-refractivity contribution is 8.00. The van der Waals surface area contributed by atoms with Gasteiger partial charge in [0.1, 0.15) is 16.7 Å². The summed E-state index contributed by atoms with van der Waals surface area (Å²) in [6.07, 6.45) is -1.99. The molecule has 1 spiro atoms. The van der Waals surface area contributed by atoms with Crippen LogP contribution in [-0.2, 0) is 11.0 Å².